The highest BCUT2D eigenvalue weighted by molar-refractivity contribution is 6.33. The monoisotopic (exact) mass is 554 g/mol. The molecule has 0 amide bonds. The predicted octanol–water partition coefficient (Wildman–Crippen LogP) is 12.5. The highest BCUT2D eigenvalue weighted by atomic mass is 14.2. The number of hydrogen-bond acceptors (Lipinski definition) is 0. The topological polar surface area (TPSA) is 0 Å². The smallest absolute Gasteiger partial charge is 0.00139 e. The van der Waals surface area contributed by atoms with Gasteiger partial charge < -0.3 is 0 Å². The van der Waals surface area contributed by atoms with Crippen molar-refractivity contribution >= 4 is 75.4 Å². The van der Waals surface area contributed by atoms with Crippen LogP contribution in [0.3, 0.4) is 0 Å². The van der Waals surface area contributed by atoms with Gasteiger partial charge in [0.2, 0.25) is 0 Å². The van der Waals surface area contributed by atoms with E-state index in [2.05, 4.69) is 158 Å². The van der Waals surface area contributed by atoms with Gasteiger partial charge in [-0.3, -0.25) is 0 Å². The Kier molecular flexibility index (Phi) is 4.81. The molecule has 0 saturated carbocycles. The highest BCUT2D eigenvalue weighted by Gasteiger charge is 2.21. The van der Waals surface area contributed by atoms with Gasteiger partial charge in [-0.05, 0) is 97.7 Å². The average molecular weight is 555 g/mol. The molecule has 0 radical (unpaired) electrons. The summed E-state index contributed by atoms with van der Waals surface area (Å²) in [5.74, 6) is 0. The molecule has 0 aromatic heterocycles. The van der Waals surface area contributed by atoms with E-state index in [1.54, 1.807) is 0 Å². The summed E-state index contributed by atoms with van der Waals surface area (Å²) in [6, 6.07) is 58.6. The summed E-state index contributed by atoms with van der Waals surface area (Å²) >= 11 is 0. The van der Waals surface area contributed by atoms with Crippen LogP contribution in [0.2, 0.25) is 0 Å². The zero-order valence-electron chi connectivity index (χ0n) is 24.0. The molecule has 202 valence electrons. The second kappa shape index (κ2) is 8.89. The number of hydrogen-bond donors (Lipinski definition) is 0. The standard InChI is InChI=1S/C44H26/c1-3-14-32-27(9-1)11-8-18-34(32)42-35-16-5-6-17-36(35)44(43-33-15-4-2-10-28(33)21-26-39(42)43)38-25-23-31-20-19-29-12-7-13-30-22-24-37(38)41(31)40(29)30/h1-26H. The van der Waals surface area contributed by atoms with E-state index in [1.807, 2.05) is 0 Å². The Morgan fingerprint density at radius 3 is 1.48 bits per heavy atom. The molecule has 0 atom stereocenters. The maximum absolute atomic E-state index is 2.36. The quantitative estimate of drug-likeness (QED) is 0.147. The van der Waals surface area contributed by atoms with Gasteiger partial charge in [0, 0.05) is 0 Å². The van der Waals surface area contributed by atoms with Crippen molar-refractivity contribution in [3.63, 3.8) is 0 Å². The van der Waals surface area contributed by atoms with Crippen LogP contribution >= 0.6 is 0 Å². The van der Waals surface area contributed by atoms with Crippen molar-refractivity contribution in [1.29, 1.82) is 0 Å². The molecule has 0 aliphatic rings. The minimum atomic E-state index is 1.26. The Morgan fingerprint density at radius 1 is 0.205 bits per heavy atom. The molecule has 0 heteroatoms. The van der Waals surface area contributed by atoms with Crippen LogP contribution in [0.5, 0.6) is 0 Å². The lowest BCUT2D eigenvalue weighted by molar-refractivity contribution is 1.70. The lowest BCUT2D eigenvalue weighted by Crippen LogP contribution is -1.94. The van der Waals surface area contributed by atoms with Crippen molar-refractivity contribution in [2.75, 3.05) is 0 Å². The summed E-state index contributed by atoms with van der Waals surface area (Å²) in [6.07, 6.45) is 0. The molecule has 0 spiro atoms. The van der Waals surface area contributed by atoms with Crippen molar-refractivity contribution in [2.24, 2.45) is 0 Å². The Morgan fingerprint density at radius 2 is 0.682 bits per heavy atom. The van der Waals surface area contributed by atoms with Crippen LogP contribution in [0, 0.1) is 0 Å². The molecule has 0 unspecified atom stereocenters. The van der Waals surface area contributed by atoms with Gasteiger partial charge in [0.1, 0.15) is 0 Å². The third kappa shape index (κ3) is 3.17. The van der Waals surface area contributed by atoms with E-state index < -0.39 is 0 Å². The van der Waals surface area contributed by atoms with E-state index in [9.17, 15) is 0 Å². The predicted molar refractivity (Wildman–Crippen MR) is 191 cm³/mol. The molecule has 10 aromatic carbocycles. The van der Waals surface area contributed by atoms with Crippen LogP contribution in [0.15, 0.2) is 158 Å². The van der Waals surface area contributed by atoms with Crippen molar-refractivity contribution in [3.05, 3.63) is 158 Å². The van der Waals surface area contributed by atoms with E-state index >= 15 is 0 Å². The fourth-order valence-corrected chi connectivity index (χ4v) is 7.91. The van der Waals surface area contributed by atoms with Crippen LogP contribution in [0.25, 0.3) is 97.7 Å². The summed E-state index contributed by atoms with van der Waals surface area (Å²) in [7, 11) is 0. The van der Waals surface area contributed by atoms with Crippen molar-refractivity contribution in [3.8, 4) is 22.3 Å². The van der Waals surface area contributed by atoms with Gasteiger partial charge in [-0.15, -0.1) is 0 Å². The summed E-state index contributed by atoms with van der Waals surface area (Å²) in [4.78, 5) is 0. The first-order valence-electron chi connectivity index (χ1n) is 15.4. The lowest BCUT2D eigenvalue weighted by Gasteiger charge is -2.22. The largest absolute Gasteiger partial charge is 0.0616 e. The molecule has 0 aliphatic carbocycles. The molecular formula is C44H26. The number of fused-ring (bicyclic) bond motifs is 5. The summed E-state index contributed by atoms with van der Waals surface area (Å²) in [6.45, 7) is 0. The summed E-state index contributed by atoms with van der Waals surface area (Å²) < 4.78 is 0. The average Bonchev–Trinajstić information content (AvgIpc) is 3.09. The zero-order valence-corrected chi connectivity index (χ0v) is 24.0. The first kappa shape index (κ1) is 23.8. The Hall–Kier alpha value is -5.72. The maximum Gasteiger partial charge on any atom is -0.00139 e. The molecule has 0 bridgehead atoms. The van der Waals surface area contributed by atoms with Crippen LogP contribution in [0.4, 0.5) is 0 Å². The van der Waals surface area contributed by atoms with Crippen molar-refractivity contribution in [1.82, 2.24) is 0 Å². The fraction of sp³-hybridized carbons (Fsp3) is 0. The van der Waals surface area contributed by atoms with Gasteiger partial charge in [-0.2, -0.15) is 0 Å². The first-order valence-corrected chi connectivity index (χ1v) is 15.4. The van der Waals surface area contributed by atoms with Crippen LogP contribution in [-0.4, -0.2) is 0 Å². The molecule has 0 N–H and O–H groups in total. The normalized spacial score (nSPS) is 12.1. The minimum absolute atomic E-state index is 1.26. The highest BCUT2D eigenvalue weighted by Crippen LogP contribution is 2.49. The first-order chi connectivity index (χ1) is 21.8. The molecule has 10 aromatic rings. The van der Waals surface area contributed by atoms with E-state index in [-0.39, 0.29) is 0 Å². The van der Waals surface area contributed by atoms with Crippen molar-refractivity contribution < 1.29 is 0 Å². The molecule has 0 nitrogen and oxygen atoms in total. The van der Waals surface area contributed by atoms with Crippen LogP contribution < -0.4 is 0 Å². The number of rotatable bonds is 2. The van der Waals surface area contributed by atoms with Gasteiger partial charge in [0.05, 0.1) is 0 Å². The third-order valence-corrected chi connectivity index (χ3v) is 9.77. The molecule has 44 heavy (non-hydrogen) atoms. The number of benzene rings is 10. The lowest BCUT2D eigenvalue weighted by atomic mass is 9.81. The molecular weight excluding hydrogens is 528 g/mol. The van der Waals surface area contributed by atoms with Gasteiger partial charge in [0.25, 0.3) is 0 Å². The van der Waals surface area contributed by atoms with Gasteiger partial charge in [-0.25, -0.2) is 0 Å². The maximum atomic E-state index is 2.36. The molecule has 0 fully saturated rings. The zero-order chi connectivity index (χ0) is 28.8. The Balaban J connectivity index is 1.46. The van der Waals surface area contributed by atoms with E-state index in [4.69, 9.17) is 0 Å². The molecule has 10 rings (SSSR count). The fourth-order valence-electron chi connectivity index (χ4n) is 7.91. The Bertz CT molecular complexity index is 2740. The SMILES string of the molecule is c1ccc2c(-c3c4ccccc4c(-c4ccc5ccc6cccc7ccc4c5c67)c4c3ccc3ccccc34)cccc2c1. The Labute approximate surface area is 254 Å². The van der Waals surface area contributed by atoms with Crippen LogP contribution in [-0.2, 0) is 0 Å². The summed E-state index contributed by atoms with van der Waals surface area (Å²) in [5.41, 5.74) is 5.19. The van der Waals surface area contributed by atoms with Crippen molar-refractivity contribution in [2.45, 2.75) is 0 Å². The van der Waals surface area contributed by atoms with Gasteiger partial charge >= 0.3 is 0 Å². The van der Waals surface area contributed by atoms with E-state index in [1.165, 1.54) is 97.7 Å². The van der Waals surface area contributed by atoms with E-state index in [0.29, 0.717) is 0 Å². The van der Waals surface area contributed by atoms with Gasteiger partial charge in [-0.1, -0.05) is 158 Å². The molecule has 0 aliphatic heterocycles. The van der Waals surface area contributed by atoms with E-state index in [0.717, 1.165) is 0 Å². The second-order valence-corrected chi connectivity index (χ2v) is 12.0. The molecule has 0 heterocycles. The second-order valence-electron chi connectivity index (χ2n) is 12.0. The van der Waals surface area contributed by atoms with Gasteiger partial charge in [0.15, 0.2) is 0 Å². The van der Waals surface area contributed by atoms with Crippen LogP contribution in [0.1, 0.15) is 0 Å². The summed E-state index contributed by atoms with van der Waals surface area (Å²) in [5, 5.41) is 18.2. The minimum Gasteiger partial charge on any atom is -0.0616 e. The third-order valence-electron chi connectivity index (χ3n) is 9.77. The molecule has 0 saturated heterocycles.